The first kappa shape index (κ1) is 8.92. The Kier molecular flexibility index (Phi) is 1.99. The molecule has 0 radical (unpaired) electrons. The number of hydrogen-bond donors (Lipinski definition) is 2. The second kappa shape index (κ2) is 3.35. The molecule has 0 atom stereocenters. The van der Waals surface area contributed by atoms with E-state index in [-0.39, 0.29) is 5.82 Å². The number of hydrogen-bond acceptors (Lipinski definition) is 1. The summed E-state index contributed by atoms with van der Waals surface area (Å²) < 4.78 is 13.4. The Labute approximate surface area is 87.5 Å². The van der Waals surface area contributed by atoms with Crippen LogP contribution in [0.15, 0.2) is 24.3 Å². The van der Waals surface area contributed by atoms with Gasteiger partial charge >= 0.3 is 0 Å². The highest BCUT2D eigenvalue weighted by atomic mass is 19.1. The normalized spacial score (nSPS) is 16.1. The molecule has 1 aliphatic rings. The first-order valence-corrected chi connectivity index (χ1v) is 5.32. The van der Waals surface area contributed by atoms with Crippen molar-refractivity contribution >= 4 is 10.9 Å². The molecule has 0 spiro atoms. The van der Waals surface area contributed by atoms with E-state index >= 15 is 0 Å². The second-order valence-corrected chi connectivity index (χ2v) is 4.15. The zero-order valence-corrected chi connectivity index (χ0v) is 8.39. The molecule has 1 heterocycles. The van der Waals surface area contributed by atoms with Crippen molar-refractivity contribution in [2.75, 3.05) is 0 Å². The van der Waals surface area contributed by atoms with Gasteiger partial charge in [-0.1, -0.05) is 12.1 Å². The number of benzene rings is 1. The molecule has 2 aromatic rings. The van der Waals surface area contributed by atoms with Gasteiger partial charge in [0.1, 0.15) is 5.82 Å². The van der Waals surface area contributed by atoms with Crippen LogP contribution in [0.4, 0.5) is 4.39 Å². The van der Waals surface area contributed by atoms with Crippen LogP contribution in [0, 0.1) is 5.82 Å². The molecule has 2 nitrogen and oxygen atoms in total. The van der Waals surface area contributed by atoms with Crippen molar-refractivity contribution in [2.24, 2.45) is 0 Å². The van der Waals surface area contributed by atoms with Gasteiger partial charge in [0, 0.05) is 23.7 Å². The molecular weight excluding hydrogens is 191 g/mol. The average molecular weight is 204 g/mol. The van der Waals surface area contributed by atoms with Crippen molar-refractivity contribution in [1.82, 2.24) is 10.3 Å². The average Bonchev–Trinajstić information content (AvgIpc) is 2.95. The highest BCUT2D eigenvalue weighted by Crippen LogP contribution is 2.21. The standard InChI is InChI=1S/C12H13FN2/c13-11-3-1-2-8-6-10(15-12(8)11)7-14-9-4-5-9/h1-3,6,9,14-15H,4-5,7H2. The Morgan fingerprint density at radius 3 is 3.00 bits per heavy atom. The fourth-order valence-corrected chi connectivity index (χ4v) is 1.81. The molecule has 0 unspecified atom stereocenters. The Hall–Kier alpha value is -1.35. The molecule has 3 rings (SSSR count). The number of fused-ring (bicyclic) bond motifs is 1. The number of rotatable bonds is 3. The van der Waals surface area contributed by atoms with E-state index < -0.39 is 0 Å². The molecule has 1 saturated carbocycles. The quantitative estimate of drug-likeness (QED) is 0.790. The van der Waals surface area contributed by atoms with Crippen LogP contribution in [0.2, 0.25) is 0 Å². The van der Waals surface area contributed by atoms with Gasteiger partial charge in [-0.25, -0.2) is 4.39 Å². The number of H-pyrrole nitrogens is 1. The maximum absolute atomic E-state index is 13.4. The molecule has 0 aliphatic heterocycles. The van der Waals surface area contributed by atoms with Gasteiger partial charge in [-0.2, -0.15) is 0 Å². The number of nitrogens with one attached hydrogen (secondary N) is 2. The van der Waals surface area contributed by atoms with Gasteiger partial charge in [0.25, 0.3) is 0 Å². The van der Waals surface area contributed by atoms with Crippen LogP contribution in [0.1, 0.15) is 18.5 Å². The lowest BCUT2D eigenvalue weighted by molar-refractivity contribution is 0.635. The zero-order chi connectivity index (χ0) is 10.3. The summed E-state index contributed by atoms with van der Waals surface area (Å²) in [5.41, 5.74) is 1.67. The first-order valence-electron chi connectivity index (χ1n) is 5.32. The van der Waals surface area contributed by atoms with E-state index in [4.69, 9.17) is 0 Å². The largest absolute Gasteiger partial charge is 0.355 e. The molecule has 0 bridgehead atoms. The van der Waals surface area contributed by atoms with E-state index in [1.54, 1.807) is 6.07 Å². The van der Waals surface area contributed by atoms with E-state index in [2.05, 4.69) is 10.3 Å². The monoisotopic (exact) mass is 204 g/mol. The molecule has 0 amide bonds. The SMILES string of the molecule is Fc1cccc2cc(CNC3CC3)[nH]c12. The highest BCUT2D eigenvalue weighted by Gasteiger charge is 2.20. The number of halogens is 1. The summed E-state index contributed by atoms with van der Waals surface area (Å²) in [6.45, 7) is 0.804. The number of aromatic amines is 1. The highest BCUT2D eigenvalue weighted by molar-refractivity contribution is 5.80. The fourth-order valence-electron chi connectivity index (χ4n) is 1.81. The molecule has 0 saturated heterocycles. The lowest BCUT2D eigenvalue weighted by Crippen LogP contribution is -2.15. The van der Waals surface area contributed by atoms with Crippen LogP contribution in [-0.2, 0) is 6.54 Å². The Bertz CT molecular complexity index is 485. The maximum Gasteiger partial charge on any atom is 0.147 e. The summed E-state index contributed by atoms with van der Waals surface area (Å²) in [4.78, 5) is 3.11. The topological polar surface area (TPSA) is 27.8 Å². The Morgan fingerprint density at radius 2 is 2.27 bits per heavy atom. The Balaban J connectivity index is 1.88. The smallest absolute Gasteiger partial charge is 0.147 e. The van der Waals surface area contributed by atoms with E-state index in [1.807, 2.05) is 12.1 Å². The summed E-state index contributed by atoms with van der Waals surface area (Å²) >= 11 is 0. The van der Waals surface area contributed by atoms with Gasteiger partial charge in [-0.15, -0.1) is 0 Å². The third-order valence-electron chi connectivity index (χ3n) is 2.82. The van der Waals surface area contributed by atoms with Crippen LogP contribution >= 0.6 is 0 Å². The zero-order valence-electron chi connectivity index (χ0n) is 8.39. The molecule has 78 valence electrons. The summed E-state index contributed by atoms with van der Waals surface area (Å²) in [5.74, 6) is -0.176. The van der Waals surface area contributed by atoms with Crippen LogP contribution in [-0.4, -0.2) is 11.0 Å². The molecule has 1 aromatic carbocycles. The van der Waals surface area contributed by atoms with Crippen LogP contribution < -0.4 is 5.32 Å². The number of para-hydroxylation sites is 1. The molecule has 3 heteroatoms. The van der Waals surface area contributed by atoms with E-state index in [0.29, 0.717) is 11.6 Å². The summed E-state index contributed by atoms with van der Waals surface area (Å²) in [6, 6.07) is 7.84. The van der Waals surface area contributed by atoms with E-state index in [0.717, 1.165) is 17.6 Å². The minimum Gasteiger partial charge on any atom is -0.355 e. The van der Waals surface area contributed by atoms with Gasteiger partial charge in [0.05, 0.1) is 5.52 Å². The fraction of sp³-hybridized carbons (Fsp3) is 0.333. The van der Waals surface area contributed by atoms with Crippen molar-refractivity contribution in [2.45, 2.75) is 25.4 Å². The minimum atomic E-state index is -0.176. The molecule has 15 heavy (non-hydrogen) atoms. The van der Waals surface area contributed by atoms with Gasteiger partial charge in [-0.3, -0.25) is 0 Å². The molecule has 1 fully saturated rings. The van der Waals surface area contributed by atoms with E-state index in [9.17, 15) is 4.39 Å². The van der Waals surface area contributed by atoms with Crippen molar-refractivity contribution in [3.8, 4) is 0 Å². The third kappa shape index (κ3) is 1.75. The van der Waals surface area contributed by atoms with Gasteiger partial charge < -0.3 is 10.3 Å². The molecule has 1 aromatic heterocycles. The lowest BCUT2D eigenvalue weighted by Gasteiger charge is -1.98. The van der Waals surface area contributed by atoms with Crippen molar-refractivity contribution in [1.29, 1.82) is 0 Å². The molecular formula is C12H13FN2. The lowest BCUT2D eigenvalue weighted by atomic mass is 10.2. The predicted molar refractivity (Wildman–Crippen MR) is 58.1 cm³/mol. The summed E-state index contributed by atoms with van der Waals surface area (Å²) in [5, 5.41) is 4.35. The van der Waals surface area contributed by atoms with Gasteiger partial charge in [-0.05, 0) is 25.0 Å². The van der Waals surface area contributed by atoms with Crippen LogP contribution in [0.25, 0.3) is 10.9 Å². The third-order valence-corrected chi connectivity index (χ3v) is 2.82. The first-order chi connectivity index (χ1) is 7.33. The second-order valence-electron chi connectivity index (χ2n) is 4.15. The van der Waals surface area contributed by atoms with Crippen LogP contribution in [0.3, 0.4) is 0 Å². The maximum atomic E-state index is 13.4. The Morgan fingerprint density at radius 1 is 1.40 bits per heavy atom. The van der Waals surface area contributed by atoms with E-state index in [1.165, 1.54) is 18.9 Å². The summed E-state index contributed by atoms with van der Waals surface area (Å²) in [7, 11) is 0. The van der Waals surface area contributed by atoms with Gasteiger partial charge in [0.2, 0.25) is 0 Å². The number of aromatic nitrogens is 1. The summed E-state index contributed by atoms with van der Waals surface area (Å²) in [6.07, 6.45) is 2.54. The predicted octanol–water partition coefficient (Wildman–Crippen LogP) is 2.56. The van der Waals surface area contributed by atoms with Gasteiger partial charge in [0.15, 0.2) is 0 Å². The van der Waals surface area contributed by atoms with Crippen molar-refractivity contribution < 1.29 is 4.39 Å². The molecule has 1 aliphatic carbocycles. The van der Waals surface area contributed by atoms with Crippen LogP contribution in [0.5, 0.6) is 0 Å². The molecule has 2 N–H and O–H groups in total. The van der Waals surface area contributed by atoms with Crippen molar-refractivity contribution in [3.63, 3.8) is 0 Å². The van der Waals surface area contributed by atoms with Crippen molar-refractivity contribution in [3.05, 3.63) is 35.8 Å². The minimum absolute atomic E-state index is 0.176.